The summed E-state index contributed by atoms with van der Waals surface area (Å²) in [6.45, 7) is 5.09. The lowest BCUT2D eigenvalue weighted by atomic mass is 10.0. The number of aromatic nitrogens is 1. The minimum absolute atomic E-state index is 0.0707. The van der Waals surface area contributed by atoms with Gasteiger partial charge in [0.05, 0.1) is 0 Å². The molecule has 0 bridgehead atoms. The minimum atomic E-state index is 0.0707. The molecule has 2 rings (SSSR count). The van der Waals surface area contributed by atoms with Gasteiger partial charge in [-0.25, -0.2) is 0 Å². The van der Waals surface area contributed by atoms with Crippen LogP contribution in [0.3, 0.4) is 0 Å². The zero-order valence-electron chi connectivity index (χ0n) is 12.4. The number of halogens is 2. The van der Waals surface area contributed by atoms with Gasteiger partial charge in [0, 0.05) is 40.0 Å². The Bertz CT molecular complexity index is 562. The highest BCUT2D eigenvalue weighted by Crippen LogP contribution is 2.32. The number of pyridine rings is 1. The van der Waals surface area contributed by atoms with E-state index in [-0.39, 0.29) is 6.04 Å². The molecule has 21 heavy (non-hydrogen) atoms. The lowest BCUT2D eigenvalue weighted by Gasteiger charge is -2.21. The molecule has 112 valence electrons. The molecule has 0 saturated carbocycles. The Morgan fingerprint density at radius 3 is 2.43 bits per heavy atom. The third-order valence-electron chi connectivity index (χ3n) is 3.37. The van der Waals surface area contributed by atoms with Crippen molar-refractivity contribution in [3.05, 3.63) is 63.4 Å². The Labute approximate surface area is 136 Å². The number of hydrogen-bond donors (Lipinski definition) is 1. The van der Waals surface area contributed by atoms with Gasteiger partial charge in [-0.2, -0.15) is 0 Å². The first kappa shape index (κ1) is 16.3. The van der Waals surface area contributed by atoms with Crippen molar-refractivity contribution < 1.29 is 0 Å². The van der Waals surface area contributed by atoms with Crippen LogP contribution in [0.1, 0.15) is 36.2 Å². The van der Waals surface area contributed by atoms with Crippen LogP contribution in [0.2, 0.25) is 10.0 Å². The second-order valence-corrected chi connectivity index (χ2v) is 5.99. The van der Waals surface area contributed by atoms with E-state index in [1.807, 2.05) is 31.3 Å². The van der Waals surface area contributed by atoms with Crippen molar-refractivity contribution in [2.75, 3.05) is 6.54 Å². The molecule has 1 N–H and O–H groups in total. The molecule has 0 radical (unpaired) electrons. The van der Waals surface area contributed by atoms with E-state index in [4.69, 9.17) is 23.2 Å². The fraction of sp³-hybridized carbons (Fsp3) is 0.353. The highest BCUT2D eigenvalue weighted by atomic mass is 35.5. The van der Waals surface area contributed by atoms with Crippen LogP contribution in [-0.4, -0.2) is 11.5 Å². The third kappa shape index (κ3) is 4.44. The van der Waals surface area contributed by atoms with E-state index in [9.17, 15) is 0 Å². The van der Waals surface area contributed by atoms with Crippen LogP contribution < -0.4 is 5.32 Å². The summed E-state index contributed by atoms with van der Waals surface area (Å²) in [6.07, 6.45) is 3.71. The SMILES string of the molecule is CCCNC(Cc1ccc(C)cn1)c1c(Cl)cccc1Cl. The summed E-state index contributed by atoms with van der Waals surface area (Å²) in [7, 11) is 0. The molecular formula is C17H20Cl2N2. The molecule has 1 unspecified atom stereocenters. The second-order valence-electron chi connectivity index (χ2n) is 5.17. The Morgan fingerprint density at radius 2 is 1.86 bits per heavy atom. The summed E-state index contributed by atoms with van der Waals surface area (Å²) in [5.41, 5.74) is 3.15. The van der Waals surface area contributed by atoms with Crippen LogP contribution in [0, 0.1) is 6.92 Å². The van der Waals surface area contributed by atoms with Crippen molar-refractivity contribution in [2.45, 2.75) is 32.7 Å². The predicted octanol–water partition coefficient (Wildman–Crippen LogP) is 4.98. The van der Waals surface area contributed by atoms with Crippen molar-refractivity contribution in [1.82, 2.24) is 10.3 Å². The van der Waals surface area contributed by atoms with Gasteiger partial charge in [0.15, 0.2) is 0 Å². The third-order valence-corrected chi connectivity index (χ3v) is 4.03. The molecule has 1 aromatic carbocycles. The highest BCUT2D eigenvalue weighted by Gasteiger charge is 2.18. The number of nitrogens with zero attached hydrogens (tertiary/aromatic N) is 1. The number of benzene rings is 1. The van der Waals surface area contributed by atoms with Crippen LogP contribution >= 0.6 is 23.2 Å². The fourth-order valence-corrected chi connectivity index (χ4v) is 2.93. The Morgan fingerprint density at radius 1 is 1.14 bits per heavy atom. The standard InChI is InChI=1S/C17H20Cl2N2/c1-3-9-20-16(10-13-8-7-12(2)11-21-13)17-14(18)5-4-6-15(17)19/h4-8,11,16,20H,3,9-10H2,1-2H3. The zero-order valence-corrected chi connectivity index (χ0v) is 13.9. The first-order valence-corrected chi connectivity index (χ1v) is 7.96. The monoisotopic (exact) mass is 322 g/mol. The largest absolute Gasteiger partial charge is 0.310 e. The molecule has 1 aromatic heterocycles. The maximum atomic E-state index is 6.35. The molecule has 1 atom stereocenters. The minimum Gasteiger partial charge on any atom is -0.310 e. The van der Waals surface area contributed by atoms with Crippen LogP contribution in [0.25, 0.3) is 0 Å². The fourth-order valence-electron chi connectivity index (χ4n) is 2.27. The van der Waals surface area contributed by atoms with E-state index in [1.54, 1.807) is 0 Å². The van der Waals surface area contributed by atoms with Crippen molar-refractivity contribution in [2.24, 2.45) is 0 Å². The number of nitrogens with one attached hydrogen (secondary N) is 1. The lowest BCUT2D eigenvalue weighted by molar-refractivity contribution is 0.524. The normalized spacial score (nSPS) is 12.4. The van der Waals surface area contributed by atoms with E-state index >= 15 is 0 Å². The van der Waals surface area contributed by atoms with Gasteiger partial charge in [0.2, 0.25) is 0 Å². The van der Waals surface area contributed by atoms with Gasteiger partial charge in [-0.15, -0.1) is 0 Å². The van der Waals surface area contributed by atoms with E-state index in [1.165, 1.54) is 0 Å². The van der Waals surface area contributed by atoms with Crippen molar-refractivity contribution in [3.8, 4) is 0 Å². The first-order chi connectivity index (χ1) is 10.1. The predicted molar refractivity (Wildman–Crippen MR) is 90.2 cm³/mol. The average Bonchev–Trinajstić information content (AvgIpc) is 2.46. The van der Waals surface area contributed by atoms with E-state index in [0.717, 1.165) is 36.2 Å². The van der Waals surface area contributed by atoms with Crippen LogP contribution in [0.4, 0.5) is 0 Å². The summed E-state index contributed by atoms with van der Waals surface area (Å²) in [6, 6.07) is 9.84. The number of rotatable bonds is 6. The zero-order chi connectivity index (χ0) is 15.2. The van der Waals surface area contributed by atoms with Gasteiger partial charge in [-0.05, 0) is 43.7 Å². The van der Waals surface area contributed by atoms with Gasteiger partial charge in [-0.1, -0.05) is 42.3 Å². The van der Waals surface area contributed by atoms with Crippen molar-refractivity contribution in [1.29, 1.82) is 0 Å². The molecule has 0 aliphatic rings. The molecule has 0 aliphatic carbocycles. The molecule has 2 aromatic rings. The van der Waals surface area contributed by atoms with Gasteiger partial charge in [0.1, 0.15) is 0 Å². The summed E-state index contributed by atoms with van der Waals surface area (Å²) in [5.74, 6) is 0. The van der Waals surface area contributed by atoms with E-state index in [0.29, 0.717) is 10.0 Å². The van der Waals surface area contributed by atoms with Crippen LogP contribution in [0.5, 0.6) is 0 Å². The maximum Gasteiger partial charge on any atom is 0.0468 e. The van der Waals surface area contributed by atoms with Crippen LogP contribution in [-0.2, 0) is 6.42 Å². The van der Waals surface area contributed by atoms with Gasteiger partial charge >= 0.3 is 0 Å². The van der Waals surface area contributed by atoms with E-state index in [2.05, 4.69) is 29.4 Å². The smallest absolute Gasteiger partial charge is 0.0468 e. The number of hydrogen-bond acceptors (Lipinski definition) is 2. The van der Waals surface area contributed by atoms with Gasteiger partial charge in [0.25, 0.3) is 0 Å². The van der Waals surface area contributed by atoms with E-state index < -0.39 is 0 Å². The molecule has 4 heteroatoms. The second kappa shape index (κ2) is 7.79. The molecule has 0 saturated heterocycles. The Hall–Kier alpha value is -1.09. The maximum absolute atomic E-state index is 6.35. The molecule has 0 amide bonds. The van der Waals surface area contributed by atoms with Crippen molar-refractivity contribution >= 4 is 23.2 Å². The average molecular weight is 323 g/mol. The topological polar surface area (TPSA) is 24.9 Å². The molecular weight excluding hydrogens is 303 g/mol. The van der Waals surface area contributed by atoms with Crippen molar-refractivity contribution in [3.63, 3.8) is 0 Å². The molecule has 0 spiro atoms. The quantitative estimate of drug-likeness (QED) is 0.811. The summed E-state index contributed by atoms with van der Waals surface area (Å²) in [5, 5.41) is 4.92. The highest BCUT2D eigenvalue weighted by molar-refractivity contribution is 6.36. The van der Waals surface area contributed by atoms with Gasteiger partial charge in [-0.3, -0.25) is 4.98 Å². The van der Waals surface area contributed by atoms with Crippen LogP contribution in [0.15, 0.2) is 36.5 Å². The summed E-state index contributed by atoms with van der Waals surface area (Å²) >= 11 is 12.7. The molecule has 0 fully saturated rings. The molecule has 2 nitrogen and oxygen atoms in total. The van der Waals surface area contributed by atoms with Gasteiger partial charge < -0.3 is 5.32 Å². The lowest BCUT2D eigenvalue weighted by Crippen LogP contribution is -2.25. The molecule has 0 aliphatic heterocycles. The Kier molecular flexibility index (Phi) is 6.04. The number of aryl methyl sites for hydroxylation is 1. The Balaban J connectivity index is 2.27. The first-order valence-electron chi connectivity index (χ1n) is 7.20. The molecule has 1 heterocycles. The summed E-state index contributed by atoms with van der Waals surface area (Å²) in [4.78, 5) is 4.48. The summed E-state index contributed by atoms with van der Waals surface area (Å²) < 4.78 is 0.